The molecule has 0 saturated heterocycles. The van der Waals surface area contributed by atoms with Gasteiger partial charge in [-0.15, -0.1) is 0 Å². The van der Waals surface area contributed by atoms with Crippen molar-refractivity contribution in [1.29, 1.82) is 5.26 Å². The molecule has 1 aromatic heterocycles. The Morgan fingerprint density at radius 1 is 1.40 bits per heavy atom. The van der Waals surface area contributed by atoms with Gasteiger partial charge in [-0.3, -0.25) is 4.68 Å². The third-order valence-electron chi connectivity index (χ3n) is 3.30. The van der Waals surface area contributed by atoms with E-state index in [9.17, 15) is 9.18 Å². The van der Waals surface area contributed by atoms with Crippen molar-refractivity contribution >= 4 is 6.09 Å². The molecule has 0 unspecified atom stereocenters. The van der Waals surface area contributed by atoms with Crippen molar-refractivity contribution in [3.05, 3.63) is 42.0 Å². The zero-order valence-electron chi connectivity index (χ0n) is 14.5. The highest BCUT2D eigenvalue weighted by atomic mass is 19.1. The van der Waals surface area contributed by atoms with E-state index in [1.165, 1.54) is 6.07 Å². The molecule has 0 fully saturated rings. The van der Waals surface area contributed by atoms with Crippen molar-refractivity contribution in [3.63, 3.8) is 0 Å². The second-order valence-corrected chi connectivity index (χ2v) is 6.56. The standard InChI is InChI=1S/C18H21FN4O2/c1-18(2,3)25-17(24)21-8-9-23-12-15(11-22-23)14-5-4-13(6-7-20)16(19)10-14/h4-5,10-12H,6,8-9H2,1-3H3,(H,21,24). The molecular formula is C18H21FN4O2. The smallest absolute Gasteiger partial charge is 0.407 e. The molecule has 0 bridgehead atoms. The predicted molar refractivity (Wildman–Crippen MR) is 91.2 cm³/mol. The van der Waals surface area contributed by atoms with Crippen LogP contribution in [0.2, 0.25) is 0 Å². The first kappa shape index (κ1) is 18.5. The normalized spacial score (nSPS) is 11.0. The Kier molecular flexibility index (Phi) is 5.75. The van der Waals surface area contributed by atoms with Crippen LogP contribution >= 0.6 is 0 Å². The number of hydrogen-bond acceptors (Lipinski definition) is 4. The number of nitrogens with zero attached hydrogens (tertiary/aromatic N) is 3. The van der Waals surface area contributed by atoms with Crippen LogP contribution in [0.25, 0.3) is 11.1 Å². The van der Waals surface area contributed by atoms with Gasteiger partial charge in [0.2, 0.25) is 0 Å². The van der Waals surface area contributed by atoms with Gasteiger partial charge in [0.1, 0.15) is 11.4 Å². The quantitative estimate of drug-likeness (QED) is 0.903. The molecule has 2 rings (SSSR count). The molecule has 0 radical (unpaired) electrons. The van der Waals surface area contributed by atoms with E-state index in [4.69, 9.17) is 10.00 Å². The van der Waals surface area contributed by atoms with Crippen LogP contribution in [0.1, 0.15) is 26.3 Å². The van der Waals surface area contributed by atoms with Gasteiger partial charge in [0.05, 0.1) is 25.2 Å². The summed E-state index contributed by atoms with van der Waals surface area (Å²) in [6.45, 7) is 6.23. The highest BCUT2D eigenvalue weighted by Crippen LogP contribution is 2.21. The molecule has 0 saturated carbocycles. The Labute approximate surface area is 146 Å². The summed E-state index contributed by atoms with van der Waals surface area (Å²) in [5.41, 5.74) is 1.29. The summed E-state index contributed by atoms with van der Waals surface area (Å²) in [5, 5.41) is 15.5. The number of nitrogens with one attached hydrogen (secondary N) is 1. The van der Waals surface area contributed by atoms with E-state index < -0.39 is 17.5 Å². The van der Waals surface area contributed by atoms with Crippen molar-refractivity contribution in [2.24, 2.45) is 0 Å². The predicted octanol–water partition coefficient (Wildman–Crippen LogP) is 3.28. The average molecular weight is 344 g/mol. The second kappa shape index (κ2) is 7.79. The Hall–Kier alpha value is -2.88. The minimum Gasteiger partial charge on any atom is -0.444 e. The van der Waals surface area contributed by atoms with E-state index in [0.29, 0.717) is 24.2 Å². The lowest BCUT2D eigenvalue weighted by Crippen LogP contribution is -2.34. The third-order valence-corrected chi connectivity index (χ3v) is 3.30. The van der Waals surface area contributed by atoms with Gasteiger partial charge in [-0.1, -0.05) is 12.1 Å². The van der Waals surface area contributed by atoms with Gasteiger partial charge in [0.15, 0.2) is 0 Å². The molecule has 1 amide bonds. The number of alkyl carbamates (subject to hydrolysis) is 1. The number of carbonyl (C=O) groups excluding carboxylic acids is 1. The summed E-state index contributed by atoms with van der Waals surface area (Å²) in [6, 6.07) is 6.70. The number of hydrogen-bond donors (Lipinski definition) is 1. The summed E-state index contributed by atoms with van der Waals surface area (Å²) in [6.07, 6.45) is 2.97. The molecule has 1 aromatic carbocycles. The van der Waals surface area contributed by atoms with Crippen LogP contribution in [-0.2, 0) is 17.7 Å². The number of carbonyl (C=O) groups is 1. The maximum atomic E-state index is 13.9. The zero-order chi connectivity index (χ0) is 18.4. The molecule has 0 spiro atoms. The van der Waals surface area contributed by atoms with Crippen LogP contribution < -0.4 is 5.32 Å². The molecule has 6 nitrogen and oxygen atoms in total. The molecule has 1 N–H and O–H groups in total. The van der Waals surface area contributed by atoms with Crippen molar-refractivity contribution in [3.8, 4) is 17.2 Å². The molecule has 0 aliphatic heterocycles. The fourth-order valence-electron chi connectivity index (χ4n) is 2.18. The van der Waals surface area contributed by atoms with Gasteiger partial charge in [-0.25, -0.2) is 9.18 Å². The summed E-state index contributed by atoms with van der Waals surface area (Å²) in [4.78, 5) is 11.6. The lowest BCUT2D eigenvalue weighted by Gasteiger charge is -2.19. The Morgan fingerprint density at radius 2 is 2.16 bits per heavy atom. The number of aromatic nitrogens is 2. The number of rotatable bonds is 5. The van der Waals surface area contributed by atoms with Gasteiger partial charge in [0.25, 0.3) is 0 Å². The molecule has 1 heterocycles. The van der Waals surface area contributed by atoms with Crippen molar-refractivity contribution in [1.82, 2.24) is 15.1 Å². The van der Waals surface area contributed by atoms with Gasteiger partial charge in [-0.2, -0.15) is 10.4 Å². The number of halogens is 1. The van der Waals surface area contributed by atoms with Crippen LogP contribution in [0, 0.1) is 17.1 Å². The maximum absolute atomic E-state index is 13.9. The first-order chi connectivity index (χ1) is 11.8. The van der Waals surface area contributed by atoms with Gasteiger partial charge in [-0.05, 0) is 32.4 Å². The number of ether oxygens (including phenoxy) is 1. The molecule has 25 heavy (non-hydrogen) atoms. The van der Waals surface area contributed by atoms with E-state index >= 15 is 0 Å². The van der Waals surface area contributed by atoms with Crippen LogP contribution in [-0.4, -0.2) is 28.0 Å². The van der Waals surface area contributed by atoms with E-state index in [1.54, 1.807) is 50.0 Å². The fraction of sp³-hybridized carbons (Fsp3) is 0.389. The highest BCUT2D eigenvalue weighted by molar-refractivity contribution is 5.67. The molecule has 0 atom stereocenters. The first-order valence-corrected chi connectivity index (χ1v) is 7.93. The number of amides is 1. The van der Waals surface area contributed by atoms with Crippen LogP contribution in [0.5, 0.6) is 0 Å². The molecule has 0 aliphatic carbocycles. The van der Waals surface area contributed by atoms with Crippen LogP contribution in [0.3, 0.4) is 0 Å². The van der Waals surface area contributed by atoms with Crippen molar-refractivity contribution in [2.45, 2.75) is 39.3 Å². The third kappa shape index (κ3) is 5.60. The minimum absolute atomic E-state index is 0.0434. The van der Waals surface area contributed by atoms with Crippen LogP contribution in [0.4, 0.5) is 9.18 Å². The molecule has 0 aliphatic rings. The monoisotopic (exact) mass is 344 g/mol. The Morgan fingerprint density at radius 3 is 2.80 bits per heavy atom. The molecule has 132 valence electrons. The van der Waals surface area contributed by atoms with Gasteiger partial charge in [0, 0.05) is 23.9 Å². The fourth-order valence-corrected chi connectivity index (χ4v) is 2.18. The lowest BCUT2D eigenvalue weighted by molar-refractivity contribution is 0.0525. The Balaban J connectivity index is 1.93. The summed E-state index contributed by atoms with van der Waals surface area (Å²) < 4.78 is 20.7. The number of benzene rings is 1. The van der Waals surface area contributed by atoms with Crippen LogP contribution in [0.15, 0.2) is 30.6 Å². The lowest BCUT2D eigenvalue weighted by atomic mass is 10.1. The van der Waals surface area contributed by atoms with E-state index in [1.807, 2.05) is 6.07 Å². The topological polar surface area (TPSA) is 79.9 Å². The average Bonchev–Trinajstić information content (AvgIpc) is 2.96. The SMILES string of the molecule is CC(C)(C)OC(=O)NCCn1cc(-c2ccc(CC#N)c(F)c2)cn1. The van der Waals surface area contributed by atoms with E-state index in [2.05, 4.69) is 10.4 Å². The van der Waals surface area contributed by atoms with E-state index in [0.717, 1.165) is 5.56 Å². The zero-order valence-corrected chi connectivity index (χ0v) is 14.5. The highest BCUT2D eigenvalue weighted by Gasteiger charge is 2.15. The number of nitriles is 1. The Bertz CT molecular complexity index is 787. The summed E-state index contributed by atoms with van der Waals surface area (Å²) in [7, 11) is 0. The molecule has 7 heteroatoms. The maximum Gasteiger partial charge on any atom is 0.407 e. The second-order valence-electron chi connectivity index (χ2n) is 6.56. The van der Waals surface area contributed by atoms with Gasteiger partial charge < -0.3 is 10.1 Å². The largest absolute Gasteiger partial charge is 0.444 e. The first-order valence-electron chi connectivity index (χ1n) is 7.93. The molecule has 2 aromatic rings. The molecular weight excluding hydrogens is 323 g/mol. The minimum atomic E-state index is -0.537. The van der Waals surface area contributed by atoms with Crippen molar-refractivity contribution < 1.29 is 13.9 Å². The van der Waals surface area contributed by atoms with Crippen molar-refractivity contribution in [2.75, 3.05) is 6.54 Å². The summed E-state index contributed by atoms with van der Waals surface area (Å²) in [5.74, 6) is -0.404. The summed E-state index contributed by atoms with van der Waals surface area (Å²) >= 11 is 0. The van der Waals surface area contributed by atoms with Gasteiger partial charge >= 0.3 is 6.09 Å². The van der Waals surface area contributed by atoms with E-state index in [-0.39, 0.29) is 6.42 Å².